The highest BCUT2D eigenvalue weighted by atomic mass is 79.9. The van der Waals surface area contributed by atoms with E-state index in [9.17, 15) is 5.26 Å². The summed E-state index contributed by atoms with van der Waals surface area (Å²) in [6, 6.07) is 19.6. The topological polar surface area (TPSA) is 47.6 Å². The van der Waals surface area contributed by atoms with Crippen LogP contribution in [-0.2, 0) is 6.42 Å². The predicted molar refractivity (Wildman–Crippen MR) is 77.4 cm³/mol. The molecule has 2 aromatic carbocycles. The number of nitriles is 2. The Morgan fingerprint density at radius 1 is 0.947 bits per heavy atom. The Kier molecular flexibility index (Phi) is 4.34. The van der Waals surface area contributed by atoms with Crippen molar-refractivity contribution >= 4 is 15.9 Å². The number of hydrogen-bond acceptors (Lipinski definition) is 2. The van der Waals surface area contributed by atoms with Crippen LogP contribution in [0.15, 0.2) is 53.0 Å². The summed E-state index contributed by atoms with van der Waals surface area (Å²) in [4.78, 5) is 0. The van der Waals surface area contributed by atoms with Crippen molar-refractivity contribution in [2.45, 2.75) is 12.3 Å². The average molecular weight is 311 g/mol. The molecule has 0 heterocycles. The summed E-state index contributed by atoms with van der Waals surface area (Å²) in [7, 11) is 0. The first-order chi connectivity index (χ1) is 9.22. The molecule has 0 radical (unpaired) electrons. The van der Waals surface area contributed by atoms with Crippen LogP contribution in [0.4, 0.5) is 0 Å². The van der Waals surface area contributed by atoms with Gasteiger partial charge in [-0.15, -0.1) is 0 Å². The molecule has 0 fully saturated rings. The van der Waals surface area contributed by atoms with E-state index < -0.39 is 0 Å². The molecule has 2 rings (SSSR count). The molecule has 0 amide bonds. The van der Waals surface area contributed by atoms with Gasteiger partial charge in [0.1, 0.15) is 0 Å². The zero-order valence-electron chi connectivity index (χ0n) is 10.2. The van der Waals surface area contributed by atoms with Crippen LogP contribution in [0.25, 0.3) is 0 Å². The molecule has 1 unspecified atom stereocenters. The molecule has 0 bridgehead atoms. The largest absolute Gasteiger partial charge is 0.198 e. The van der Waals surface area contributed by atoms with E-state index in [1.54, 1.807) is 12.1 Å². The minimum absolute atomic E-state index is 0.186. The fourth-order valence-electron chi connectivity index (χ4n) is 1.88. The smallest absolute Gasteiger partial charge is 0.0991 e. The lowest BCUT2D eigenvalue weighted by atomic mass is 9.93. The van der Waals surface area contributed by atoms with E-state index in [0.717, 1.165) is 15.6 Å². The highest BCUT2D eigenvalue weighted by Gasteiger charge is 2.11. The van der Waals surface area contributed by atoms with E-state index in [4.69, 9.17) is 5.26 Å². The summed E-state index contributed by atoms with van der Waals surface area (Å²) in [5.74, 6) is -0.186. The summed E-state index contributed by atoms with van der Waals surface area (Å²) < 4.78 is 1.03. The second-order valence-corrected chi connectivity index (χ2v) is 5.16. The van der Waals surface area contributed by atoms with Crippen molar-refractivity contribution in [3.8, 4) is 12.1 Å². The highest BCUT2D eigenvalue weighted by molar-refractivity contribution is 9.10. The van der Waals surface area contributed by atoms with Gasteiger partial charge in [0.25, 0.3) is 0 Å². The molecular weight excluding hydrogens is 300 g/mol. The van der Waals surface area contributed by atoms with Crippen molar-refractivity contribution in [2.24, 2.45) is 0 Å². The lowest BCUT2D eigenvalue weighted by Crippen LogP contribution is -2.00. The van der Waals surface area contributed by atoms with Crippen LogP contribution in [0, 0.1) is 22.7 Å². The number of hydrogen-bond donors (Lipinski definition) is 0. The minimum atomic E-state index is -0.186. The minimum Gasteiger partial charge on any atom is -0.198 e. The Morgan fingerprint density at radius 3 is 2.11 bits per heavy atom. The Bertz CT molecular complexity index is 630. The molecular formula is C16H11BrN2. The van der Waals surface area contributed by atoms with E-state index in [1.807, 2.05) is 36.4 Å². The van der Waals surface area contributed by atoms with Crippen LogP contribution >= 0.6 is 15.9 Å². The zero-order chi connectivity index (χ0) is 13.7. The molecule has 0 aliphatic heterocycles. The number of halogens is 1. The van der Waals surface area contributed by atoms with Gasteiger partial charge < -0.3 is 0 Å². The fraction of sp³-hybridized carbons (Fsp3) is 0.125. The van der Waals surface area contributed by atoms with Crippen LogP contribution in [0.2, 0.25) is 0 Å². The van der Waals surface area contributed by atoms with E-state index in [-0.39, 0.29) is 5.92 Å². The van der Waals surface area contributed by atoms with Gasteiger partial charge in [-0.05, 0) is 41.8 Å². The molecule has 2 aromatic rings. The van der Waals surface area contributed by atoms with Gasteiger partial charge in [0.05, 0.1) is 23.6 Å². The summed E-state index contributed by atoms with van der Waals surface area (Å²) in [6.45, 7) is 0. The molecule has 0 N–H and O–H groups in total. The van der Waals surface area contributed by atoms with Crippen LogP contribution < -0.4 is 0 Å². The molecule has 0 aliphatic rings. The lowest BCUT2D eigenvalue weighted by molar-refractivity contribution is 0.849. The fourth-order valence-corrected chi connectivity index (χ4v) is 2.15. The lowest BCUT2D eigenvalue weighted by Gasteiger charge is -2.09. The molecule has 92 valence electrons. The third-order valence-electron chi connectivity index (χ3n) is 2.95. The van der Waals surface area contributed by atoms with Gasteiger partial charge in [-0.1, -0.05) is 40.2 Å². The summed E-state index contributed by atoms with van der Waals surface area (Å²) in [5.41, 5.74) is 2.69. The molecule has 0 spiro atoms. The van der Waals surface area contributed by atoms with Gasteiger partial charge in [0, 0.05) is 4.47 Å². The van der Waals surface area contributed by atoms with Crippen molar-refractivity contribution in [1.82, 2.24) is 0 Å². The zero-order valence-corrected chi connectivity index (χ0v) is 11.8. The van der Waals surface area contributed by atoms with Gasteiger partial charge in [-0.25, -0.2) is 0 Å². The number of rotatable bonds is 3. The Balaban J connectivity index is 2.18. The second-order valence-electron chi connectivity index (χ2n) is 4.25. The highest BCUT2D eigenvalue weighted by Crippen LogP contribution is 2.21. The van der Waals surface area contributed by atoms with E-state index >= 15 is 0 Å². The molecule has 0 saturated heterocycles. The van der Waals surface area contributed by atoms with E-state index in [0.29, 0.717) is 12.0 Å². The third kappa shape index (κ3) is 3.44. The maximum atomic E-state index is 9.30. The molecule has 1 atom stereocenters. The monoisotopic (exact) mass is 310 g/mol. The quantitative estimate of drug-likeness (QED) is 0.854. The Morgan fingerprint density at radius 2 is 1.58 bits per heavy atom. The molecule has 2 nitrogen and oxygen atoms in total. The maximum absolute atomic E-state index is 9.30. The maximum Gasteiger partial charge on any atom is 0.0991 e. The summed E-state index contributed by atoms with van der Waals surface area (Å²) in [5, 5.41) is 18.1. The van der Waals surface area contributed by atoms with Gasteiger partial charge in [-0.3, -0.25) is 0 Å². The van der Waals surface area contributed by atoms with Crippen molar-refractivity contribution in [1.29, 1.82) is 10.5 Å². The normalized spacial score (nSPS) is 11.3. The van der Waals surface area contributed by atoms with Crippen LogP contribution in [-0.4, -0.2) is 0 Å². The second kappa shape index (κ2) is 6.18. The van der Waals surface area contributed by atoms with Crippen LogP contribution in [0.3, 0.4) is 0 Å². The molecule has 0 aromatic heterocycles. The van der Waals surface area contributed by atoms with Crippen molar-refractivity contribution in [3.05, 3.63) is 69.7 Å². The van der Waals surface area contributed by atoms with Crippen LogP contribution in [0.5, 0.6) is 0 Å². The van der Waals surface area contributed by atoms with Crippen molar-refractivity contribution < 1.29 is 0 Å². The third-order valence-corrected chi connectivity index (χ3v) is 3.48. The molecule has 0 saturated carbocycles. The average Bonchev–Trinajstić information content (AvgIpc) is 2.47. The Hall–Kier alpha value is -2.10. The number of nitrogens with zero attached hydrogens (tertiary/aromatic N) is 2. The first-order valence-electron chi connectivity index (χ1n) is 5.87. The van der Waals surface area contributed by atoms with Gasteiger partial charge >= 0.3 is 0 Å². The summed E-state index contributed by atoms with van der Waals surface area (Å²) >= 11 is 3.39. The molecule has 19 heavy (non-hydrogen) atoms. The van der Waals surface area contributed by atoms with Crippen molar-refractivity contribution in [3.63, 3.8) is 0 Å². The van der Waals surface area contributed by atoms with Gasteiger partial charge in [0.2, 0.25) is 0 Å². The Labute approximate surface area is 121 Å². The first kappa shape index (κ1) is 13.3. The van der Waals surface area contributed by atoms with Crippen LogP contribution in [0.1, 0.15) is 22.6 Å². The number of benzene rings is 2. The van der Waals surface area contributed by atoms with E-state index in [1.165, 1.54) is 0 Å². The molecule has 3 heteroatoms. The van der Waals surface area contributed by atoms with Gasteiger partial charge in [0.15, 0.2) is 0 Å². The SMILES string of the molecule is N#Cc1ccc(C(C#N)Cc2ccc(Br)cc2)cc1. The van der Waals surface area contributed by atoms with Crippen molar-refractivity contribution in [2.75, 3.05) is 0 Å². The van der Waals surface area contributed by atoms with Gasteiger partial charge in [-0.2, -0.15) is 10.5 Å². The molecule has 0 aliphatic carbocycles. The first-order valence-corrected chi connectivity index (χ1v) is 6.66. The summed E-state index contributed by atoms with van der Waals surface area (Å²) in [6.07, 6.45) is 0.676. The predicted octanol–water partition coefficient (Wildman–Crippen LogP) is 4.17. The van der Waals surface area contributed by atoms with E-state index in [2.05, 4.69) is 28.1 Å². The standard InChI is InChI=1S/C16H11BrN2/c17-16-7-3-12(4-8-16)9-15(11-19)14-5-1-13(10-18)2-6-14/h1-8,15H,9H2.